The lowest BCUT2D eigenvalue weighted by atomic mass is 10.2. The molecule has 1 heterocycles. The Kier molecular flexibility index (Phi) is 3.74. The van der Waals surface area contributed by atoms with E-state index in [1.54, 1.807) is 5.38 Å². The van der Waals surface area contributed by atoms with Crippen molar-refractivity contribution in [2.75, 3.05) is 5.73 Å². The van der Waals surface area contributed by atoms with Gasteiger partial charge in [0, 0.05) is 10.3 Å². The van der Waals surface area contributed by atoms with E-state index < -0.39 is 11.7 Å². The van der Waals surface area contributed by atoms with Crippen LogP contribution in [-0.2, 0) is 6.18 Å². The third-order valence-corrected chi connectivity index (χ3v) is 4.21. The van der Waals surface area contributed by atoms with Crippen LogP contribution in [0.2, 0.25) is 5.02 Å². The zero-order valence-electron chi connectivity index (χ0n) is 8.66. The van der Waals surface area contributed by atoms with E-state index in [-0.39, 0.29) is 5.02 Å². The van der Waals surface area contributed by atoms with Gasteiger partial charge in [-0.25, -0.2) is 4.98 Å². The van der Waals surface area contributed by atoms with Gasteiger partial charge in [0.15, 0.2) is 5.13 Å². The van der Waals surface area contributed by atoms with Crippen molar-refractivity contribution in [3.63, 3.8) is 0 Å². The summed E-state index contributed by atoms with van der Waals surface area (Å²) in [7, 11) is 0. The van der Waals surface area contributed by atoms with Crippen molar-refractivity contribution < 1.29 is 13.2 Å². The predicted molar refractivity (Wildman–Crippen MR) is 67.1 cm³/mol. The van der Waals surface area contributed by atoms with E-state index in [4.69, 9.17) is 17.3 Å². The van der Waals surface area contributed by atoms with Gasteiger partial charge in [0.2, 0.25) is 0 Å². The zero-order valence-corrected chi connectivity index (χ0v) is 11.1. The van der Waals surface area contributed by atoms with E-state index in [2.05, 4.69) is 4.98 Å². The molecule has 96 valence electrons. The van der Waals surface area contributed by atoms with Gasteiger partial charge in [-0.15, -0.1) is 11.3 Å². The van der Waals surface area contributed by atoms with E-state index in [1.807, 2.05) is 0 Å². The van der Waals surface area contributed by atoms with Crippen molar-refractivity contribution in [1.82, 2.24) is 4.98 Å². The highest BCUT2D eigenvalue weighted by atomic mass is 35.5. The molecule has 0 fully saturated rings. The second kappa shape index (κ2) is 4.99. The zero-order chi connectivity index (χ0) is 13.3. The predicted octanol–water partition coefficient (Wildman–Crippen LogP) is 4.55. The summed E-state index contributed by atoms with van der Waals surface area (Å²) in [6.07, 6.45) is -4.39. The number of alkyl halides is 3. The quantitative estimate of drug-likeness (QED) is 0.884. The molecule has 2 nitrogen and oxygen atoms in total. The van der Waals surface area contributed by atoms with Gasteiger partial charge < -0.3 is 5.73 Å². The Bertz CT molecular complexity index is 568. The number of nitrogen functional groups attached to an aromatic ring is 1. The number of anilines is 1. The molecule has 1 aromatic carbocycles. The van der Waals surface area contributed by atoms with Crippen LogP contribution in [0, 0.1) is 0 Å². The maximum Gasteiger partial charge on any atom is 0.416 e. The highest BCUT2D eigenvalue weighted by Gasteiger charge is 2.31. The van der Waals surface area contributed by atoms with Gasteiger partial charge in [-0.1, -0.05) is 23.4 Å². The van der Waals surface area contributed by atoms with Crippen LogP contribution in [0.3, 0.4) is 0 Å². The summed E-state index contributed by atoms with van der Waals surface area (Å²) in [5, 5.41) is 2.80. The minimum absolute atomic E-state index is 0.250. The summed E-state index contributed by atoms with van der Waals surface area (Å²) < 4.78 is 37.7. The summed E-state index contributed by atoms with van der Waals surface area (Å²) >= 11 is 8.13. The highest BCUT2D eigenvalue weighted by Crippen LogP contribution is 2.38. The SMILES string of the molecule is Nc1nc(Sc2cc(C(F)(F)F)ccc2Cl)cs1. The summed E-state index contributed by atoms with van der Waals surface area (Å²) in [5.41, 5.74) is 4.71. The molecule has 0 atom stereocenters. The van der Waals surface area contributed by atoms with Crippen LogP contribution in [0.15, 0.2) is 33.5 Å². The van der Waals surface area contributed by atoms with E-state index in [0.29, 0.717) is 15.1 Å². The molecule has 0 aliphatic carbocycles. The lowest BCUT2D eigenvalue weighted by Gasteiger charge is -2.09. The average molecular weight is 311 g/mol. The monoisotopic (exact) mass is 310 g/mol. The standard InChI is InChI=1S/C10H6ClF3N2S2/c11-6-2-1-5(10(12,13)14)3-7(6)18-8-4-17-9(15)16-8/h1-4H,(H2,15,16). The first-order chi connectivity index (χ1) is 8.36. The normalized spacial score (nSPS) is 11.8. The Labute approximate surface area is 114 Å². The van der Waals surface area contributed by atoms with E-state index in [9.17, 15) is 13.2 Å². The molecule has 18 heavy (non-hydrogen) atoms. The van der Waals surface area contributed by atoms with E-state index in [1.165, 1.54) is 17.4 Å². The third kappa shape index (κ3) is 3.09. The number of benzene rings is 1. The minimum atomic E-state index is -4.39. The molecular weight excluding hydrogens is 305 g/mol. The molecule has 8 heteroatoms. The number of nitrogens with zero attached hydrogens (tertiary/aromatic N) is 1. The molecule has 0 unspecified atom stereocenters. The summed E-state index contributed by atoms with van der Waals surface area (Å²) in [6, 6.07) is 3.17. The lowest BCUT2D eigenvalue weighted by molar-refractivity contribution is -0.137. The van der Waals surface area contributed by atoms with E-state index in [0.717, 1.165) is 23.9 Å². The second-order valence-electron chi connectivity index (χ2n) is 3.27. The Morgan fingerprint density at radius 3 is 2.61 bits per heavy atom. The molecule has 0 radical (unpaired) electrons. The molecule has 2 N–H and O–H groups in total. The van der Waals surface area contributed by atoms with Gasteiger partial charge >= 0.3 is 6.18 Å². The van der Waals surface area contributed by atoms with Crippen LogP contribution in [-0.4, -0.2) is 4.98 Å². The molecule has 0 aliphatic heterocycles. The van der Waals surface area contributed by atoms with E-state index >= 15 is 0 Å². The van der Waals surface area contributed by atoms with Crippen molar-refractivity contribution in [3.8, 4) is 0 Å². The van der Waals surface area contributed by atoms with Crippen molar-refractivity contribution in [2.45, 2.75) is 16.1 Å². The first-order valence-electron chi connectivity index (χ1n) is 4.62. The Balaban J connectivity index is 2.32. The molecule has 0 amide bonds. The second-order valence-corrected chi connectivity index (χ2v) is 5.63. The number of nitrogens with two attached hydrogens (primary N) is 1. The first kappa shape index (κ1) is 13.5. The highest BCUT2D eigenvalue weighted by molar-refractivity contribution is 7.99. The fraction of sp³-hybridized carbons (Fsp3) is 0.100. The number of halogens is 4. The number of hydrogen-bond donors (Lipinski definition) is 1. The molecule has 0 saturated heterocycles. The minimum Gasteiger partial charge on any atom is -0.375 e. The van der Waals surface area contributed by atoms with Gasteiger partial charge in [-0.3, -0.25) is 0 Å². The number of hydrogen-bond acceptors (Lipinski definition) is 4. The Morgan fingerprint density at radius 2 is 2.06 bits per heavy atom. The van der Waals surface area contributed by atoms with Crippen LogP contribution in [0.5, 0.6) is 0 Å². The molecule has 0 saturated carbocycles. The maximum atomic E-state index is 12.6. The molecule has 0 bridgehead atoms. The summed E-state index contributed by atoms with van der Waals surface area (Å²) in [5.74, 6) is 0. The fourth-order valence-corrected chi connectivity index (χ4v) is 2.96. The van der Waals surface area contributed by atoms with Gasteiger partial charge in [-0.05, 0) is 18.2 Å². The van der Waals surface area contributed by atoms with Crippen LogP contribution in [0.1, 0.15) is 5.56 Å². The molecule has 0 aliphatic rings. The van der Waals surface area contributed by atoms with Gasteiger partial charge in [0.05, 0.1) is 10.6 Å². The van der Waals surface area contributed by atoms with Crippen molar-refractivity contribution in [1.29, 1.82) is 0 Å². The van der Waals surface area contributed by atoms with Crippen molar-refractivity contribution >= 4 is 39.8 Å². The maximum absolute atomic E-state index is 12.6. The number of rotatable bonds is 2. The average Bonchev–Trinajstić information content (AvgIpc) is 2.66. The van der Waals surface area contributed by atoms with Crippen LogP contribution in [0.4, 0.5) is 18.3 Å². The van der Waals surface area contributed by atoms with Gasteiger partial charge in [-0.2, -0.15) is 13.2 Å². The molecular formula is C10H6ClF3N2S2. The molecule has 2 rings (SSSR count). The number of thiazole rings is 1. The van der Waals surface area contributed by atoms with Crippen LogP contribution < -0.4 is 5.73 Å². The Morgan fingerprint density at radius 1 is 1.33 bits per heavy atom. The fourth-order valence-electron chi connectivity index (χ4n) is 1.19. The molecule has 2 aromatic rings. The summed E-state index contributed by atoms with van der Waals surface area (Å²) in [6.45, 7) is 0. The largest absolute Gasteiger partial charge is 0.416 e. The van der Waals surface area contributed by atoms with Gasteiger partial charge in [0.1, 0.15) is 5.03 Å². The van der Waals surface area contributed by atoms with Crippen molar-refractivity contribution in [3.05, 3.63) is 34.2 Å². The Hall–Kier alpha value is -0.920. The third-order valence-electron chi connectivity index (χ3n) is 1.97. The molecule has 1 aromatic heterocycles. The topological polar surface area (TPSA) is 38.9 Å². The van der Waals surface area contributed by atoms with Crippen LogP contribution >= 0.6 is 34.7 Å². The van der Waals surface area contributed by atoms with Crippen molar-refractivity contribution in [2.24, 2.45) is 0 Å². The molecule has 0 spiro atoms. The number of aromatic nitrogens is 1. The first-order valence-corrected chi connectivity index (χ1v) is 6.69. The lowest BCUT2D eigenvalue weighted by Crippen LogP contribution is -2.04. The van der Waals surface area contributed by atoms with Crippen LogP contribution in [0.25, 0.3) is 0 Å². The smallest absolute Gasteiger partial charge is 0.375 e. The summed E-state index contributed by atoms with van der Waals surface area (Å²) in [4.78, 5) is 4.26. The van der Waals surface area contributed by atoms with Gasteiger partial charge in [0.25, 0.3) is 0 Å².